The number of aliphatic hydroxyl groups is 1. The van der Waals surface area contributed by atoms with Crippen molar-refractivity contribution < 1.29 is 14.6 Å². The van der Waals surface area contributed by atoms with Crippen molar-refractivity contribution in [1.82, 2.24) is 0 Å². The van der Waals surface area contributed by atoms with Crippen molar-refractivity contribution >= 4 is 0 Å². The Balaban J connectivity index is 2.51. The van der Waals surface area contributed by atoms with E-state index in [0.717, 1.165) is 16.9 Å². The highest BCUT2D eigenvalue weighted by atomic mass is 16.5. The summed E-state index contributed by atoms with van der Waals surface area (Å²) in [6.45, 7) is 0. The number of rotatable bonds is 2. The molecular formula is C11H14O3. The van der Waals surface area contributed by atoms with E-state index in [1.165, 1.54) is 0 Å². The number of ether oxygens (including phenoxy) is 2. The minimum Gasteiger partial charge on any atom is -0.496 e. The molecule has 1 aromatic rings. The van der Waals surface area contributed by atoms with Crippen LogP contribution in [0.15, 0.2) is 18.2 Å². The summed E-state index contributed by atoms with van der Waals surface area (Å²) in [5, 5.41) is 9.77. The molecule has 0 heterocycles. The van der Waals surface area contributed by atoms with Crippen LogP contribution in [0.25, 0.3) is 0 Å². The topological polar surface area (TPSA) is 38.7 Å². The molecule has 0 radical (unpaired) electrons. The van der Waals surface area contributed by atoms with Crippen LogP contribution >= 0.6 is 0 Å². The minimum absolute atomic E-state index is 0.0452. The molecule has 3 nitrogen and oxygen atoms in total. The summed E-state index contributed by atoms with van der Waals surface area (Å²) in [6.07, 6.45) is 0.146. The van der Waals surface area contributed by atoms with Crippen molar-refractivity contribution in [3.63, 3.8) is 0 Å². The summed E-state index contributed by atoms with van der Waals surface area (Å²) < 4.78 is 10.6. The second-order valence-corrected chi connectivity index (χ2v) is 3.44. The Hall–Kier alpha value is -1.06. The molecule has 0 saturated carbocycles. The molecule has 1 N–H and O–H groups in total. The zero-order chi connectivity index (χ0) is 10.1. The number of aliphatic hydroxyl groups excluding tert-OH is 1. The van der Waals surface area contributed by atoms with E-state index in [9.17, 15) is 5.11 Å². The van der Waals surface area contributed by atoms with Gasteiger partial charge in [-0.1, -0.05) is 12.1 Å². The molecule has 0 bridgehead atoms. The number of benzene rings is 1. The van der Waals surface area contributed by atoms with Crippen LogP contribution in [0.4, 0.5) is 0 Å². The van der Waals surface area contributed by atoms with Gasteiger partial charge in [-0.2, -0.15) is 0 Å². The molecule has 0 fully saturated rings. The lowest BCUT2D eigenvalue weighted by Crippen LogP contribution is -1.98. The van der Waals surface area contributed by atoms with Crippen LogP contribution in [-0.2, 0) is 4.74 Å². The number of hydrogen-bond acceptors (Lipinski definition) is 3. The maximum atomic E-state index is 9.77. The van der Waals surface area contributed by atoms with Crippen molar-refractivity contribution in [1.29, 1.82) is 0 Å². The molecule has 2 atom stereocenters. The third kappa shape index (κ3) is 1.29. The summed E-state index contributed by atoms with van der Waals surface area (Å²) in [6, 6.07) is 5.70. The van der Waals surface area contributed by atoms with E-state index in [1.54, 1.807) is 14.2 Å². The molecule has 0 saturated heterocycles. The molecular weight excluding hydrogens is 180 g/mol. The largest absolute Gasteiger partial charge is 0.496 e. The first-order chi connectivity index (χ1) is 6.77. The molecule has 14 heavy (non-hydrogen) atoms. The molecule has 0 amide bonds. The van der Waals surface area contributed by atoms with Gasteiger partial charge < -0.3 is 14.6 Å². The van der Waals surface area contributed by atoms with E-state index in [1.807, 2.05) is 18.2 Å². The van der Waals surface area contributed by atoms with Gasteiger partial charge in [-0.25, -0.2) is 0 Å². The number of fused-ring (bicyclic) bond motifs is 1. The summed E-state index contributed by atoms with van der Waals surface area (Å²) in [5.41, 5.74) is 1.92. The molecule has 2 rings (SSSR count). The van der Waals surface area contributed by atoms with Gasteiger partial charge in [0.25, 0.3) is 0 Å². The molecule has 0 spiro atoms. The van der Waals surface area contributed by atoms with Gasteiger partial charge >= 0.3 is 0 Å². The van der Waals surface area contributed by atoms with Gasteiger partial charge in [0, 0.05) is 19.1 Å². The normalized spacial score (nSPS) is 24.8. The number of hydrogen-bond donors (Lipinski definition) is 1. The highest BCUT2D eigenvalue weighted by Crippen LogP contribution is 2.44. The molecule has 3 heteroatoms. The summed E-state index contributed by atoms with van der Waals surface area (Å²) in [5.74, 6) is 0.797. The average molecular weight is 194 g/mol. The Morgan fingerprint density at radius 1 is 1.36 bits per heavy atom. The third-order valence-corrected chi connectivity index (χ3v) is 2.72. The van der Waals surface area contributed by atoms with E-state index in [0.29, 0.717) is 6.42 Å². The highest BCUT2D eigenvalue weighted by molar-refractivity contribution is 5.46. The van der Waals surface area contributed by atoms with E-state index in [4.69, 9.17) is 9.47 Å². The van der Waals surface area contributed by atoms with Gasteiger partial charge in [0.15, 0.2) is 0 Å². The fourth-order valence-corrected chi connectivity index (χ4v) is 2.04. The van der Waals surface area contributed by atoms with Crippen molar-refractivity contribution in [2.45, 2.75) is 18.6 Å². The lowest BCUT2D eigenvalue weighted by atomic mass is 10.1. The first-order valence-electron chi connectivity index (χ1n) is 4.65. The minimum atomic E-state index is -0.426. The van der Waals surface area contributed by atoms with Crippen molar-refractivity contribution in [3.8, 4) is 5.75 Å². The first-order valence-corrected chi connectivity index (χ1v) is 4.65. The van der Waals surface area contributed by atoms with Gasteiger partial charge in [-0.05, 0) is 11.6 Å². The van der Waals surface area contributed by atoms with Gasteiger partial charge in [0.2, 0.25) is 0 Å². The predicted molar refractivity (Wildman–Crippen MR) is 52.3 cm³/mol. The molecule has 1 aliphatic rings. The monoisotopic (exact) mass is 194 g/mol. The van der Waals surface area contributed by atoms with Gasteiger partial charge in [0.05, 0.1) is 19.3 Å². The van der Waals surface area contributed by atoms with E-state index in [-0.39, 0.29) is 6.10 Å². The summed E-state index contributed by atoms with van der Waals surface area (Å²) in [4.78, 5) is 0. The lowest BCUT2D eigenvalue weighted by Gasteiger charge is -2.12. The fourth-order valence-electron chi connectivity index (χ4n) is 2.04. The molecule has 76 valence electrons. The van der Waals surface area contributed by atoms with Gasteiger partial charge in [-0.15, -0.1) is 0 Å². The molecule has 1 aromatic carbocycles. The Morgan fingerprint density at radius 3 is 2.79 bits per heavy atom. The van der Waals surface area contributed by atoms with Crippen LogP contribution in [-0.4, -0.2) is 19.3 Å². The number of methoxy groups -OCH3 is 2. The van der Waals surface area contributed by atoms with Gasteiger partial charge in [-0.3, -0.25) is 0 Å². The van der Waals surface area contributed by atoms with Crippen LogP contribution in [0.2, 0.25) is 0 Å². The molecule has 1 aliphatic carbocycles. The van der Waals surface area contributed by atoms with E-state index >= 15 is 0 Å². The van der Waals surface area contributed by atoms with Crippen LogP contribution in [0, 0.1) is 0 Å². The summed E-state index contributed by atoms with van der Waals surface area (Å²) in [7, 11) is 3.28. The maximum absolute atomic E-state index is 9.77. The highest BCUT2D eigenvalue weighted by Gasteiger charge is 2.32. The van der Waals surface area contributed by atoms with Crippen LogP contribution in [0.1, 0.15) is 29.8 Å². The zero-order valence-corrected chi connectivity index (χ0v) is 8.36. The zero-order valence-electron chi connectivity index (χ0n) is 8.36. The second kappa shape index (κ2) is 3.59. The smallest absolute Gasteiger partial charge is 0.125 e. The average Bonchev–Trinajstić information content (AvgIpc) is 2.56. The van der Waals surface area contributed by atoms with Crippen molar-refractivity contribution in [2.24, 2.45) is 0 Å². The molecule has 2 unspecified atom stereocenters. The van der Waals surface area contributed by atoms with Crippen LogP contribution in [0.5, 0.6) is 5.75 Å². The Kier molecular flexibility index (Phi) is 2.44. The Morgan fingerprint density at radius 2 is 2.14 bits per heavy atom. The molecule has 0 aromatic heterocycles. The fraction of sp³-hybridized carbons (Fsp3) is 0.455. The van der Waals surface area contributed by atoms with E-state index in [2.05, 4.69) is 0 Å². The quantitative estimate of drug-likeness (QED) is 0.780. The predicted octanol–water partition coefficient (Wildman–Crippen LogP) is 1.82. The summed E-state index contributed by atoms with van der Waals surface area (Å²) >= 11 is 0. The third-order valence-electron chi connectivity index (χ3n) is 2.72. The Labute approximate surface area is 83.3 Å². The maximum Gasteiger partial charge on any atom is 0.125 e. The second-order valence-electron chi connectivity index (χ2n) is 3.44. The van der Waals surface area contributed by atoms with Crippen LogP contribution < -0.4 is 4.74 Å². The first kappa shape index (κ1) is 9.49. The van der Waals surface area contributed by atoms with Gasteiger partial charge in [0.1, 0.15) is 5.75 Å². The van der Waals surface area contributed by atoms with E-state index < -0.39 is 6.10 Å². The molecule has 0 aliphatic heterocycles. The SMILES string of the molecule is COc1cccc2c1C(OC)CC2O. The van der Waals surface area contributed by atoms with Crippen LogP contribution in [0.3, 0.4) is 0 Å². The van der Waals surface area contributed by atoms with Crippen molar-refractivity contribution in [3.05, 3.63) is 29.3 Å². The van der Waals surface area contributed by atoms with Crippen molar-refractivity contribution in [2.75, 3.05) is 14.2 Å². The Bertz CT molecular complexity index is 335. The lowest BCUT2D eigenvalue weighted by molar-refractivity contribution is 0.0649. The standard InChI is InChI=1S/C11H14O3/c1-13-9-5-3-4-7-8(12)6-10(14-2)11(7)9/h3-5,8,10,12H,6H2,1-2H3.